The van der Waals surface area contributed by atoms with Gasteiger partial charge in [-0.05, 0) is 37.7 Å². The van der Waals surface area contributed by atoms with Gasteiger partial charge in [-0.25, -0.2) is 0 Å². The van der Waals surface area contributed by atoms with E-state index in [1.807, 2.05) is 42.2 Å². The Morgan fingerprint density at radius 1 is 1.21 bits per heavy atom. The number of aliphatic hydroxyl groups is 1. The van der Waals surface area contributed by atoms with Crippen LogP contribution in [0.4, 0.5) is 0 Å². The zero-order valence-corrected chi connectivity index (χ0v) is 14.4. The van der Waals surface area contributed by atoms with Gasteiger partial charge in [0, 0.05) is 32.5 Å². The first-order valence-corrected chi connectivity index (χ1v) is 8.89. The molecular weight excluding hydrogens is 304 g/mol. The maximum absolute atomic E-state index is 12.2. The molecule has 24 heavy (non-hydrogen) atoms. The van der Waals surface area contributed by atoms with E-state index < -0.39 is 6.10 Å². The highest BCUT2D eigenvalue weighted by molar-refractivity contribution is 5.79. The van der Waals surface area contributed by atoms with E-state index in [9.17, 15) is 14.7 Å². The van der Waals surface area contributed by atoms with Crippen molar-refractivity contribution in [2.75, 3.05) is 19.6 Å². The summed E-state index contributed by atoms with van der Waals surface area (Å²) in [5, 5.41) is 13.2. The molecule has 0 aliphatic carbocycles. The largest absolute Gasteiger partial charge is 0.388 e. The van der Waals surface area contributed by atoms with Crippen LogP contribution in [-0.2, 0) is 9.59 Å². The zero-order chi connectivity index (χ0) is 17.4. The van der Waals surface area contributed by atoms with E-state index >= 15 is 0 Å². The third-order valence-electron chi connectivity index (χ3n) is 4.65. The average molecular weight is 332 g/mol. The minimum atomic E-state index is -0.457. The Labute approximate surface area is 144 Å². The van der Waals surface area contributed by atoms with Crippen LogP contribution in [0.15, 0.2) is 30.3 Å². The molecule has 1 heterocycles. The first kappa shape index (κ1) is 18.5. The zero-order valence-electron chi connectivity index (χ0n) is 14.4. The molecule has 2 amide bonds. The van der Waals surface area contributed by atoms with Crippen LogP contribution in [0.1, 0.15) is 50.7 Å². The molecule has 1 fully saturated rings. The second-order valence-electron chi connectivity index (χ2n) is 6.38. The third kappa shape index (κ3) is 5.34. The second-order valence-corrected chi connectivity index (χ2v) is 6.38. The number of carbonyl (C=O) groups excluding carboxylic acids is 2. The van der Waals surface area contributed by atoms with Crippen molar-refractivity contribution in [3.05, 3.63) is 35.9 Å². The first-order valence-electron chi connectivity index (χ1n) is 8.89. The Morgan fingerprint density at radius 2 is 1.88 bits per heavy atom. The van der Waals surface area contributed by atoms with Crippen LogP contribution in [0.25, 0.3) is 0 Å². The number of carbonyl (C=O) groups is 2. The fourth-order valence-electron chi connectivity index (χ4n) is 3.23. The molecule has 1 aliphatic rings. The second kappa shape index (κ2) is 9.42. The molecule has 1 aromatic rings. The molecule has 1 aromatic carbocycles. The van der Waals surface area contributed by atoms with Gasteiger partial charge in [0.15, 0.2) is 0 Å². The lowest BCUT2D eigenvalue weighted by Gasteiger charge is -2.34. The summed E-state index contributed by atoms with van der Waals surface area (Å²) in [5.74, 6) is 0.328. The van der Waals surface area contributed by atoms with Crippen molar-refractivity contribution in [2.24, 2.45) is 5.92 Å². The lowest BCUT2D eigenvalue weighted by molar-refractivity contribution is -0.133. The fraction of sp³-hybridized carbons (Fsp3) is 0.579. The first-order chi connectivity index (χ1) is 11.6. The van der Waals surface area contributed by atoms with Gasteiger partial charge in [-0.3, -0.25) is 9.59 Å². The van der Waals surface area contributed by atoms with Crippen LogP contribution < -0.4 is 5.32 Å². The topological polar surface area (TPSA) is 69.6 Å². The molecule has 1 saturated heterocycles. The van der Waals surface area contributed by atoms with Crippen molar-refractivity contribution >= 4 is 11.8 Å². The molecule has 2 N–H and O–H groups in total. The van der Waals surface area contributed by atoms with Gasteiger partial charge < -0.3 is 15.3 Å². The molecule has 1 unspecified atom stereocenters. The number of likely N-dealkylation sites (tertiary alicyclic amines) is 1. The van der Waals surface area contributed by atoms with Crippen molar-refractivity contribution in [1.82, 2.24) is 10.2 Å². The number of aliphatic hydroxyl groups excluding tert-OH is 1. The third-order valence-corrected chi connectivity index (χ3v) is 4.65. The number of hydrogen-bond acceptors (Lipinski definition) is 3. The Balaban J connectivity index is 1.72. The summed E-state index contributed by atoms with van der Waals surface area (Å²) in [7, 11) is 0. The van der Waals surface area contributed by atoms with E-state index in [1.165, 1.54) is 0 Å². The summed E-state index contributed by atoms with van der Waals surface area (Å²) in [6, 6.07) is 9.71. The number of amides is 2. The van der Waals surface area contributed by atoms with Crippen molar-refractivity contribution in [3.63, 3.8) is 0 Å². The summed E-state index contributed by atoms with van der Waals surface area (Å²) < 4.78 is 0. The van der Waals surface area contributed by atoms with Crippen LogP contribution in [0.2, 0.25) is 0 Å². The molecule has 0 bridgehead atoms. The van der Waals surface area contributed by atoms with Gasteiger partial charge in [-0.2, -0.15) is 0 Å². The van der Waals surface area contributed by atoms with E-state index in [-0.39, 0.29) is 17.7 Å². The summed E-state index contributed by atoms with van der Waals surface area (Å²) in [5.41, 5.74) is 0.948. The minimum absolute atomic E-state index is 0.00925. The van der Waals surface area contributed by atoms with Gasteiger partial charge in [-0.1, -0.05) is 30.3 Å². The molecule has 132 valence electrons. The van der Waals surface area contributed by atoms with Gasteiger partial charge in [0.2, 0.25) is 11.8 Å². The lowest BCUT2D eigenvalue weighted by Crippen LogP contribution is -2.39. The minimum Gasteiger partial charge on any atom is -0.388 e. The van der Waals surface area contributed by atoms with Crippen LogP contribution in [0.3, 0.4) is 0 Å². The van der Waals surface area contributed by atoms with Gasteiger partial charge in [-0.15, -0.1) is 0 Å². The molecule has 0 radical (unpaired) electrons. The normalized spacial score (nSPS) is 16.7. The Bertz CT molecular complexity index is 525. The van der Waals surface area contributed by atoms with Crippen LogP contribution in [-0.4, -0.2) is 41.5 Å². The van der Waals surface area contributed by atoms with Crippen molar-refractivity contribution in [1.29, 1.82) is 0 Å². The summed E-state index contributed by atoms with van der Waals surface area (Å²) in [6.45, 7) is 3.89. The Hall–Kier alpha value is -1.88. The van der Waals surface area contributed by atoms with Crippen LogP contribution in [0.5, 0.6) is 0 Å². The van der Waals surface area contributed by atoms with Crippen molar-refractivity contribution in [3.8, 4) is 0 Å². The van der Waals surface area contributed by atoms with Crippen molar-refractivity contribution < 1.29 is 14.7 Å². The number of nitrogens with zero attached hydrogens (tertiary/aromatic N) is 1. The number of hydrogen-bond donors (Lipinski definition) is 2. The molecule has 1 aliphatic heterocycles. The molecule has 0 saturated carbocycles. The summed E-state index contributed by atoms with van der Waals surface area (Å²) in [6.07, 6.45) is 2.60. The van der Waals surface area contributed by atoms with Crippen molar-refractivity contribution in [2.45, 2.75) is 45.1 Å². The SMILES string of the molecule is CCNC(=O)CCCC(=O)N1CCC(C(O)c2ccccc2)CC1. The van der Waals surface area contributed by atoms with E-state index in [0.717, 1.165) is 18.4 Å². The standard InChI is InChI=1S/C19H28N2O3/c1-2-20-17(22)9-6-10-18(23)21-13-11-16(12-14-21)19(24)15-7-4-3-5-8-15/h3-5,7-8,16,19,24H,2,6,9-14H2,1H3,(H,20,22). The lowest BCUT2D eigenvalue weighted by atomic mass is 9.87. The maximum atomic E-state index is 12.2. The van der Waals surface area contributed by atoms with E-state index in [4.69, 9.17) is 0 Å². The van der Waals surface area contributed by atoms with E-state index in [2.05, 4.69) is 5.32 Å². The van der Waals surface area contributed by atoms with Gasteiger partial charge in [0.1, 0.15) is 0 Å². The van der Waals surface area contributed by atoms with E-state index in [1.54, 1.807) is 0 Å². The monoisotopic (exact) mass is 332 g/mol. The van der Waals surface area contributed by atoms with Gasteiger partial charge in [0.05, 0.1) is 6.10 Å². The predicted molar refractivity (Wildman–Crippen MR) is 93.2 cm³/mol. The van der Waals surface area contributed by atoms with Gasteiger partial charge >= 0.3 is 0 Å². The molecule has 5 nitrogen and oxygen atoms in total. The summed E-state index contributed by atoms with van der Waals surface area (Å²) >= 11 is 0. The maximum Gasteiger partial charge on any atom is 0.222 e. The van der Waals surface area contributed by atoms with Crippen LogP contribution in [0, 0.1) is 5.92 Å². The highest BCUT2D eigenvalue weighted by Gasteiger charge is 2.27. The van der Waals surface area contributed by atoms with Crippen LogP contribution >= 0.6 is 0 Å². The Morgan fingerprint density at radius 3 is 2.50 bits per heavy atom. The molecular formula is C19H28N2O3. The van der Waals surface area contributed by atoms with E-state index in [0.29, 0.717) is 38.9 Å². The molecule has 0 spiro atoms. The number of nitrogens with one attached hydrogen (secondary N) is 1. The molecule has 0 aromatic heterocycles. The number of benzene rings is 1. The molecule has 2 rings (SSSR count). The quantitative estimate of drug-likeness (QED) is 0.805. The predicted octanol–water partition coefficient (Wildman–Crippen LogP) is 2.27. The molecule has 5 heteroatoms. The highest BCUT2D eigenvalue weighted by atomic mass is 16.3. The smallest absolute Gasteiger partial charge is 0.222 e. The summed E-state index contributed by atoms with van der Waals surface area (Å²) in [4.78, 5) is 25.5. The Kier molecular flexibility index (Phi) is 7.25. The number of piperidine rings is 1. The van der Waals surface area contributed by atoms with Gasteiger partial charge in [0.25, 0.3) is 0 Å². The number of rotatable bonds is 7. The average Bonchev–Trinajstić information content (AvgIpc) is 2.62. The highest BCUT2D eigenvalue weighted by Crippen LogP contribution is 2.30. The molecule has 1 atom stereocenters. The fourth-order valence-corrected chi connectivity index (χ4v) is 3.23.